The molecule has 0 fully saturated rings. The number of amides is 2. The summed E-state index contributed by atoms with van der Waals surface area (Å²) in [5.41, 5.74) is 5.11. The van der Waals surface area contributed by atoms with Crippen LogP contribution in [-0.2, 0) is 22.4 Å². The monoisotopic (exact) mass is 399 g/mol. The molecular formula is C24H21N3O3. The van der Waals surface area contributed by atoms with E-state index in [4.69, 9.17) is 5.11 Å². The molecule has 150 valence electrons. The van der Waals surface area contributed by atoms with E-state index in [0.29, 0.717) is 12.8 Å². The maximum atomic E-state index is 10.8. The van der Waals surface area contributed by atoms with E-state index in [9.17, 15) is 9.59 Å². The van der Waals surface area contributed by atoms with Gasteiger partial charge in [0.25, 0.3) is 0 Å². The number of aromatic hydroxyl groups is 1. The molecule has 0 atom stereocenters. The molecule has 3 heterocycles. The minimum atomic E-state index is 0.0983. The number of benzene rings is 3. The van der Waals surface area contributed by atoms with Crippen LogP contribution < -0.4 is 10.6 Å². The van der Waals surface area contributed by atoms with Gasteiger partial charge >= 0.3 is 0 Å². The summed E-state index contributed by atoms with van der Waals surface area (Å²) >= 11 is 0. The van der Waals surface area contributed by atoms with Crippen LogP contribution in [-0.4, -0.2) is 21.9 Å². The van der Waals surface area contributed by atoms with Crippen molar-refractivity contribution < 1.29 is 14.7 Å². The Balaban J connectivity index is 0.000000109. The highest BCUT2D eigenvalue weighted by Crippen LogP contribution is 2.22. The zero-order chi connectivity index (χ0) is 20.9. The summed E-state index contributed by atoms with van der Waals surface area (Å²) in [5, 5.41) is 15.6. The van der Waals surface area contributed by atoms with Crippen LogP contribution in [0.3, 0.4) is 0 Å². The lowest BCUT2D eigenvalue weighted by Gasteiger charge is -1.93. The lowest BCUT2D eigenvalue weighted by atomic mass is 10.2. The highest BCUT2D eigenvalue weighted by molar-refractivity contribution is 5.99. The van der Waals surface area contributed by atoms with Crippen molar-refractivity contribution in [1.82, 2.24) is 4.98 Å². The fourth-order valence-corrected chi connectivity index (χ4v) is 3.39. The first kappa shape index (κ1) is 19.3. The Morgan fingerprint density at radius 3 is 1.70 bits per heavy atom. The number of carbonyl (C=O) groups excluding carboxylic acids is 2. The van der Waals surface area contributed by atoms with Crippen molar-refractivity contribution in [3.8, 4) is 5.88 Å². The van der Waals surface area contributed by atoms with E-state index in [1.807, 2.05) is 72.8 Å². The van der Waals surface area contributed by atoms with Crippen molar-refractivity contribution in [2.75, 3.05) is 10.6 Å². The summed E-state index contributed by atoms with van der Waals surface area (Å²) in [7, 11) is 0. The zero-order valence-electron chi connectivity index (χ0n) is 16.2. The van der Waals surface area contributed by atoms with Crippen LogP contribution >= 0.6 is 0 Å². The lowest BCUT2D eigenvalue weighted by Crippen LogP contribution is -2.03. The van der Waals surface area contributed by atoms with E-state index >= 15 is 0 Å². The first-order valence-electron chi connectivity index (χ1n) is 9.61. The SMILES string of the molecule is O=C1Cc2ccccc2N1.O=C1Cc2ccccc2N1.Oc1cc2ccccc2[nH]1. The highest BCUT2D eigenvalue weighted by Gasteiger charge is 2.15. The number of aromatic amines is 1. The molecule has 2 aliphatic heterocycles. The molecular weight excluding hydrogens is 378 g/mol. The number of hydrogen-bond acceptors (Lipinski definition) is 3. The largest absolute Gasteiger partial charge is 0.495 e. The summed E-state index contributed by atoms with van der Waals surface area (Å²) in [6.07, 6.45) is 1.08. The van der Waals surface area contributed by atoms with Gasteiger partial charge in [-0.15, -0.1) is 0 Å². The van der Waals surface area contributed by atoms with Crippen LogP contribution in [0.5, 0.6) is 5.88 Å². The van der Waals surface area contributed by atoms with Crippen LogP contribution in [0.4, 0.5) is 11.4 Å². The summed E-state index contributed by atoms with van der Waals surface area (Å²) < 4.78 is 0. The van der Waals surface area contributed by atoms with Gasteiger partial charge in [-0.25, -0.2) is 0 Å². The van der Waals surface area contributed by atoms with Crippen LogP contribution in [0.2, 0.25) is 0 Å². The number of fused-ring (bicyclic) bond motifs is 3. The van der Waals surface area contributed by atoms with Gasteiger partial charge in [0, 0.05) is 28.3 Å². The second-order valence-corrected chi connectivity index (χ2v) is 7.01. The van der Waals surface area contributed by atoms with Gasteiger partial charge in [-0.3, -0.25) is 9.59 Å². The number of carbonyl (C=O) groups is 2. The lowest BCUT2D eigenvalue weighted by molar-refractivity contribution is -0.115. The molecule has 2 aliphatic rings. The average Bonchev–Trinajstić information content (AvgIpc) is 3.41. The molecule has 0 saturated heterocycles. The second kappa shape index (κ2) is 8.53. The standard InChI is InChI=1S/3C8H7NO/c3*10-8-5-6-3-1-2-4-7(6)9-8/h2*1-4H,5H2,(H,9,10);1-5,9-10H. The molecule has 0 aliphatic carbocycles. The molecule has 0 unspecified atom stereocenters. The van der Waals surface area contributed by atoms with Crippen molar-refractivity contribution in [1.29, 1.82) is 0 Å². The number of nitrogens with one attached hydrogen (secondary N) is 3. The Labute approximate surface area is 173 Å². The molecule has 0 saturated carbocycles. The quantitative estimate of drug-likeness (QED) is 0.356. The summed E-state index contributed by atoms with van der Waals surface area (Å²) in [6.45, 7) is 0. The molecule has 4 aromatic rings. The van der Waals surface area contributed by atoms with Crippen molar-refractivity contribution in [2.45, 2.75) is 12.8 Å². The third-order valence-corrected chi connectivity index (χ3v) is 4.80. The van der Waals surface area contributed by atoms with Crippen molar-refractivity contribution in [3.63, 3.8) is 0 Å². The topological polar surface area (TPSA) is 94.2 Å². The number of para-hydroxylation sites is 3. The normalized spacial score (nSPS) is 13.2. The van der Waals surface area contributed by atoms with Gasteiger partial charge in [0.1, 0.15) is 0 Å². The van der Waals surface area contributed by atoms with Crippen molar-refractivity contribution in [2.24, 2.45) is 0 Å². The molecule has 4 N–H and O–H groups in total. The number of hydrogen-bond donors (Lipinski definition) is 4. The summed E-state index contributed by atoms with van der Waals surface area (Å²) in [6, 6.07) is 24.9. The third-order valence-electron chi connectivity index (χ3n) is 4.80. The molecule has 6 heteroatoms. The second-order valence-electron chi connectivity index (χ2n) is 7.01. The number of H-pyrrole nitrogens is 1. The zero-order valence-corrected chi connectivity index (χ0v) is 16.2. The molecule has 0 radical (unpaired) electrons. The molecule has 6 nitrogen and oxygen atoms in total. The predicted octanol–water partition coefficient (Wildman–Crippen LogP) is 4.24. The van der Waals surface area contributed by atoms with Gasteiger partial charge in [-0.05, 0) is 29.3 Å². The Morgan fingerprint density at radius 2 is 1.17 bits per heavy atom. The van der Waals surface area contributed by atoms with Crippen LogP contribution in [0.15, 0.2) is 78.9 Å². The van der Waals surface area contributed by atoms with E-state index in [1.165, 1.54) is 0 Å². The summed E-state index contributed by atoms with van der Waals surface area (Å²) in [5.74, 6) is 0.420. The Morgan fingerprint density at radius 1 is 0.667 bits per heavy atom. The van der Waals surface area contributed by atoms with Gasteiger partial charge in [0.05, 0.1) is 12.8 Å². The van der Waals surface area contributed by atoms with Crippen LogP contribution in [0, 0.1) is 0 Å². The molecule has 2 amide bonds. The smallest absolute Gasteiger partial charge is 0.228 e. The van der Waals surface area contributed by atoms with Gasteiger partial charge in [-0.1, -0.05) is 54.6 Å². The van der Waals surface area contributed by atoms with Crippen LogP contribution in [0.1, 0.15) is 11.1 Å². The van der Waals surface area contributed by atoms with E-state index in [1.54, 1.807) is 6.07 Å². The van der Waals surface area contributed by atoms with Gasteiger partial charge in [-0.2, -0.15) is 0 Å². The third kappa shape index (κ3) is 4.50. The molecule has 6 rings (SSSR count). The average molecular weight is 399 g/mol. The fourth-order valence-electron chi connectivity index (χ4n) is 3.39. The van der Waals surface area contributed by atoms with Gasteiger partial charge in [0.2, 0.25) is 11.8 Å². The van der Waals surface area contributed by atoms with Crippen molar-refractivity contribution >= 4 is 34.1 Å². The highest BCUT2D eigenvalue weighted by atomic mass is 16.3. The molecule has 3 aromatic carbocycles. The number of anilines is 2. The molecule has 0 bridgehead atoms. The minimum absolute atomic E-state index is 0.0983. The van der Waals surface area contributed by atoms with E-state index in [-0.39, 0.29) is 17.7 Å². The maximum absolute atomic E-state index is 10.8. The van der Waals surface area contributed by atoms with Gasteiger partial charge in [0.15, 0.2) is 5.88 Å². The number of aromatic nitrogens is 1. The number of rotatable bonds is 0. The Kier molecular flexibility index (Phi) is 5.48. The van der Waals surface area contributed by atoms with Gasteiger partial charge < -0.3 is 20.7 Å². The molecule has 1 aromatic heterocycles. The minimum Gasteiger partial charge on any atom is -0.495 e. The molecule has 30 heavy (non-hydrogen) atoms. The Hall–Kier alpha value is -4.06. The van der Waals surface area contributed by atoms with E-state index in [2.05, 4.69) is 15.6 Å². The Bertz CT molecular complexity index is 1070. The fraction of sp³-hybridized carbons (Fsp3) is 0.0833. The van der Waals surface area contributed by atoms with E-state index < -0.39 is 0 Å². The summed E-state index contributed by atoms with van der Waals surface area (Å²) in [4.78, 5) is 24.4. The van der Waals surface area contributed by atoms with E-state index in [0.717, 1.165) is 33.4 Å². The first-order valence-corrected chi connectivity index (χ1v) is 9.61. The first-order chi connectivity index (χ1) is 14.6. The van der Waals surface area contributed by atoms with Crippen LogP contribution in [0.25, 0.3) is 10.9 Å². The maximum Gasteiger partial charge on any atom is 0.228 e. The predicted molar refractivity (Wildman–Crippen MR) is 118 cm³/mol. The molecule has 0 spiro atoms. The van der Waals surface area contributed by atoms with Crippen molar-refractivity contribution in [3.05, 3.63) is 90.0 Å².